The van der Waals surface area contributed by atoms with Gasteiger partial charge in [0.05, 0.1) is 6.10 Å². The first kappa shape index (κ1) is 13.2. The van der Waals surface area contributed by atoms with Crippen molar-refractivity contribution in [2.75, 3.05) is 20.2 Å². The molecule has 0 bridgehead atoms. The minimum absolute atomic E-state index is 0.268. The predicted molar refractivity (Wildman–Crippen MR) is 67.4 cm³/mol. The molecule has 3 N–H and O–H groups in total. The van der Waals surface area contributed by atoms with Crippen LogP contribution in [0.4, 0.5) is 0 Å². The molecule has 1 unspecified atom stereocenters. The summed E-state index contributed by atoms with van der Waals surface area (Å²) in [6, 6.07) is 8.33. The lowest BCUT2D eigenvalue weighted by molar-refractivity contribution is 0.117. The normalized spacial score (nSPS) is 12.7. The Balaban J connectivity index is 2.31. The molecule has 1 atom stereocenters. The number of ether oxygens (including phenoxy) is 1. The molecule has 0 saturated heterocycles. The molecule has 0 aliphatic heterocycles. The van der Waals surface area contributed by atoms with Crippen LogP contribution >= 0.6 is 0 Å². The van der Waals surface area contributed by atoms with E-state index in [0.29, 0.717) is 6.54 Å². The maximum atomic E-state index is 5.68. The van der Waals surface area contributed by atoms with Crippen LogP contribution in [0.3, 0.4) is 0 Å². The monoisotopic (exact) mass is 222 g/mol. The van der Waals surface area contributed by atoms with E-state index in [2.05, 4.69) is 30.4 Å². The van der Waals surface area contributed by atoms with E-state index in [4.69, 9.17) is 10.5 Å². The van der Waals surface area contributed by atoms with Gasteiger partial charge < -0.3 is 15.8 Å². The van der Waals surface area contributed by atoms with Gasteiger partial charge in [-0.2, -0.15) is 0 Å². The Morgan fingerprint density at radius 1 is 1.31 bits per heavy atom. The fourth-order valence-electron chi connectivity index (χ4n) is 1.61. The van der Waals surface area contributed by atoms with Crippen LogP contribution in [0.2, 0.25) is 0 Å². The Kier molecular flexibility index (Phi) is 6.08. The third-order valence-electron chi connectivity index (χ3n) is 2.74. The van der Waals surface area contributed by atoms with Crippen LogP contribution in [0.15, 0.2) is 24.3 Å². The van der Waals surface area contributed by atoms with E-state index in [1.165, 1.54) is 11.1 Å². The highest BCUT2D eigenvalue weighted by molar-refractivity contribution is 5.27. The SMILES string of the molecule is COC(C)CNCCc1ccccc1CN. The van der Waals surface area contributed by atoms with E-state index in [1.807, 2.05) is 6.07 Å². The Hall–Kier alpha value is -0.900. The largest absolute Gasteiger partial charge is 0.380 e. The molecule has 1 rings (SSSR count). The summed E-state index contributed by atoms with van der Waals surface area (Å²) < 4.78 is 5.16. The van der Waals surface area contributed by atoms with Gasteiger partial charge in [-0.25, -0.2) is 0 Å². The van der Waals surface area contributed by atoms with Gasteiger partial charge >= 0.3 is 0 Å². The number of rotatable bonds is 7. The van der Waals surface area contributed by atoms with E-state index in [1.54, 1.807) is 7.11 Å². The highest BCUT2D eigenvalue weighted by Gasteiger charge is 2.01. The molecule has 0 aliphatic rings. The van der Waals surface area contributed by atoms with Crippen LogP contribution in [-0.4, -0.2) is 26.3 Å². The van der Waals surface area contributed by atoms with Crippen molar-refractivity contribution in [1.29, 1.82) is 0 Å². The van der Waals surface area contributed by atoms with Gasteiger partial charge in [0.25, 0.3) is 0 Å². The quantitative estimate of drug-likeness (QED) is 0.684. The van der Waals surface area contributed by atoms with Gasteiger partial charge in [-0.1, -0.05) is 24.3 Å². The molecule has 16 heavy (non-hydrogen) atoms. The average Bonchev–Trinajstić information content (AvgIpc) is 2.34. The molecule has 1 aromatic carbocycles. The van der Waals surface area contributed by atoms with Crippen LogP contribution < -0.4 is 11.1 Å². The zero-order valence-corrected chi connectivity index (χ0v) is 10.2. The maximum absolute atomic E-state index is 5.68. The first-order chi connectivity index (χ1) is 7.77. The Bertz CT molecular complexity index is 302. The number of nitrogens with one attached hydrogen (secondary N) is 1. The van der Waals surface area contributed by atoms with Crippen molar-refractivity contribution >= 4 is 0 Å². The summed E-state index contributed by atoms with van der Waals surface area (Å²) in [6.07, 6.45) is 1.29. The molecule has 0 amide bonds. The van der Waals surface area contributed by atoms with Crippen molar-refractivity contribution in [3.63, 3.8) is 0 Å². The zero-order chi connectivity index (χ0) is 11.8. The summed E-state index contributed by atoms with van der Waals surface area (Å²) in [7, 11) is 1.73. The standard InChI is InChI=1S/C13H22N2O/c1-11(16-2)10-15-8-7-12-5-3-4-6-13(12)9-14/h3-6,11,15H,7-10,14H2,1-2H3. The number of hydrogen-bond acceptors (Lipinski definition) is 3. The Morgan fingerprint density at radius 3 is 2.62 bits per heavy atom. The summed E-state index contributed by atoms with van der Waals surface area (Å²) in [6.45, 7) is 4.53. The number of nitrogens with two attached hydrogens (primary N) is 1. The van der Waals surface area contributed by atoms with Crippen molar-refractivity contribution in [2.45, 2.75) is 26.0 Å². The smallest absolute Gasteiger partial charge is 0.0667 e. The molecule has 0 fully saturated rings. The topological polar surface area (TPSA) is 47.3 Å². The van der Waals surface area contributed by atoms with Gasteiger partial charge in [0.1, 0.15) is 0 Å². The third kappa shape index (κ3) is 4.31. The van der Waals surface area contributed by atoms with Gasteiger partial charge in [-0.15, -0.1) is 0 Å². The van der Waals surface area contributed by atoms with Crippen molar-refractivity contribution in [2.24, 2.45) is 5.73 Å². The van der Waals surface area contributed by atoms with Gasteiger partial charge in [-0.3, -0.25) is 0 Å². The van der Waals surface area contributed by atoms with Crippen molar-refractivity contribution < 1.29 is 4.74 Å². The van der Waals surface area contributed by atoms with Gasteiger partial charge in [0, 0.05) is 20.2 Å². The van der Waals surface area contributed by atoms with E-state index < -0.39 is 0 Å². The lowest BCUT2D eigenvalue weighted by Crippen LogP contribution is -2.27. The van der Waals surface area contributed by atoms with Crippen LogP contribution in [0, 0.1) is 0 Å². The van der Waals surface area contributed by atoms with E-state index in [0.717, 1.165) is 19.5 Å². The molecule has 0 aliphatic carbocycles. The second kappa shape index (κ2) is 7.39. The molecular weight excluding hydrogens is 200 g/mol. The first-order valence-corrected chi connectivity index (χ1v) is 5.78. The average molecular weight is 222 g/mol. The molecular formula is C13H22N2O. The lowest BCUT2D eigenvalue weighted by atomic mass is 10.0. The van der Waals surface area contributed by atoms with E-state index >= 15 is 0 Å². The van der Waals surface area contributed by atoms with Gasteiger partial charge in [0.2, 0.25) is 0 Å². The Morgan fingerprint density at radius 2 is 2.00 bits per heavy atom. The molecule has 0 radical (unpaired) electrons. The van der Waals surface area contributed by atoms with Crippen LogP contribution in [-0.2, 0) is 17.7 Å². The summed E-state index contributed by atoms with van der Waals surface area (Å²) in [5, 5.41) is 3.37. The molecule has 3 heteroatoms. The van der Waals surface area contributed by atoms with Crippen molar-refractivity contribution in [1.82, 2.24) is 5.32 Å². The fraction of sp³-hybridized carbons (Fsp3) is 0.538. The number of methoxy groups -OCH3 is 1. The molecule has 0 saturated carbocycles. The van der Waals surface area contributed by atoms with Gasteiger partial charge in [0.15, 0.2) is 0 Å². The second-order valence-electron chi connectivity index (χ2n) is 3.97. The predicted octanol–water partition coefficient (Wildman–Crippen LogP) is 1.31. The molecule has 90 valence electrons. The van der Waals surface area contributed by atoms with Crippen LogP contribution in [0.25, 0.3) is 0 Å². The lowest BCUT2D eigenvalue weighted by Gasteiger charge is -2.11. The molecule has 1 aromatic rings. The van der Waals surface area contributed by atoms with Crippen LogP contribution in [0.5, 0.6) is 0 Å². The highest BCUT2D eigenvalue weighted by atomic mass is 16.5. The number of benzene rings is 1. The molecule has 0 spiro atoms. The maximum Gasteiger partial charge on any atom is 0.0667 e. The zero-order valence-electron chi connectivity index (χ0n) is 10.2. The number of hydrogen-bond donors (Lipinski definition) is 2. The third-order valence-corrected chi connectivity index (χ3v) is 2.74. The van der Waals surface area contributed by atoms with E-state index in [-0.39, 0.29) is 6.10 Å². The van der Waals surface area contributed by atoms with Gasteiger partial charge in [-0.05, 0) is 31.0 Å². The minimum Gasteiger partial charge on any atom is -0.380 e. The Labute approximate surface area is 98.0 Å². The van der Waals surface area contributed by atoms with Crippen molar-refractivity contribution in [3.05, 3.63) is 35.4 Å². The molecule has 3 nitrogen and oxygen atoms in total. The van der Waals surface area contributed by atoms with E-state index in [9.17, 15) is 0 Å². The van der Waals surface area contributed by atoms with Crippen molar-refractivity contribution in [3.8, 4) is 0 Å². The second-order valence-corrected chi connectivity index (χ2v) is 3.97. The molecule has 0 aromatic heterocycles. The first-order valence-electron chi connectivity index (χ1n) is 5.78. The molecule has 0 heterocycles. The fourth-order valence-corrected chi connectivity index (χ4v) is 1.61. The summed E-state index contributed by atoms with van der Waals surface area (Å²) in [4.78, 5) is 0. The highest BCUT2D eigenvalue weighted by Crippen LogP contribution is 2.07. The summed E-state index contributed by atoms with van der Waals surface area (Å²) >= 11 is 0. The summed E-state index contributed by atoms with van der Waals surface area (Å²) in [5.41, 5.74) is 8.26. The minimum atomic E-state index is 0.268. The summed E-state index contributed by atoms with van der Waals surface area (Å²) in [5.74, 6) is 0. The van der Waals surface area contributed by atoms with Crippen LogP contribution in [0.1, 0.15) is 18.1 Å².